The number of aromatic nitrogens is 3. The molecule has 22 heavy (non-hydrogen) atoms. The number of ether oxygens (including phenoxy) is 2. The highest BCUT2D eigenvalue weighted by Crippen LogP contribution is 2.19. The highest BCUT2D eigenvalue weighted by atomic mass is 16.5. The predicted octanol–water partition coefficient (Wildman–Crippen LogP) is 2.29. The molecule has 2 heterocycles. The molecule has 1 aromatic carbocycles. The molecule has 0 fully saturated rings. The van der Waals surface area contributed by atoms with E-state index in [-0.39, 0.29) is 0 Å². The summed E-state index contributed by atoms with van der Waals surface area (Å²) in [6.45, 7) is 1.03. The topological polar surface area (TPSA) is 72.4 Å². The average molecular weight is 294 g/mol. The smallest absolute Gasteiger partial charge is 0.182 e. The Hall–Kier alpha value is -2.91. The molecular formula is C16H14N4O2. The zero-order chi connectivity index (χ0) is 15.4. The predicted molar refractivity (Wildman–Crippen MR) is 80.5 cm³/mol. The van der Waals surface area contributed by atoms with Crippen LogP contribution in [-0.4, -0.2) is 34.9 Å². The number of methoxy groups -OCH3 is 1. The van der Waals surface area contributed by atoms with Crippen molar-refractivity contribution < 1.29 is 9.47 Å². The Morgan fingerprint density at radius 3 is 2.73 bits per heavy atom. The van der Waals surface area contributed by atoms with Gasteiger partial charge in [-0.3, -0.25) is 0 Å². The Morgan fingerprint density at radius 2 is 2.00 bits per heavy atom. The van der Waals surface area contributed by atoms with Crippen molar-refractivity contribution in [3.8, 4) is 23.2 Å². The van der Waals surface area contributed by atoms with Crippen molar-refractivity contribution in [3.05, 3.63) is 48.2 Å². The second kappa shape index (κ2) is 6.24. The van der Waals surface area contributed by atoms with Gasteiger partial charge in [0.05, 0.1) is 18.2 Å². The minimum absolute atomic E-state index is 0.489. The van der Waals surface area contributed by atoms with Gasteiger partial charge in [-0.05, 0) is 30.3 Å². The quantitative estimate of drug-likeness (QED) is 0.675. The molecule has 0 aliphatic heterocycles. The normalized spacial score (nSPS) is 10.5. The third kappa shape index (κ3) is 2.90. The first-order valence-electron chi connectivity index (χ1n) is 6.79. The number of fused-ring (bicyclic) bond motifs is 1. The molecule has 3 aromatic rings. The van der Waals surface area contributed by atoms with Gasteiger partial charge in [0.25, 0.3) is 0 Å². The summed E-state index contributed by atoms with van der Waals surface area (Å²) in [5.41, 5.74) is 2.18. The van der Waals surface area contributed by atoms with Gasteiger partial charge in [-0.25, -0.2) is 9.50 Å². The SMILES string of the molecule is COCCOc1ccn2nc(-c3ccc(C#N)cc3)nc2c1. The summed E-state index contributed by atoms with van der Waals surface area (Å²) in [7, 11) is 1.63. The maximum absolute atomic E-state index is 8.82. The maximum atomic E-state index is 8.82. The van der Waals surface area contributed by atoms with E-state index in [0.717, 1.165) is 11.3 Å². The number of nitrogens with zero attached hydrogens (tertiary/aromatic N) is 4. The maximum Gasteiger partial charge on any atom is 0.182 e. The molecule has 0 radical (unpaired) electrons. The van der Waals surface area contributed by atoms with Gasteiger partial charge in [0.1, 0.15) is 12.4 Å². The first-order chi connectivity index (χ1) is 10.8. The van der Waals surface area contributed by atoms with Crippen molar-refractivity contribution in [1.29, 1.82) is 5.26 Å². The van der Waals surface area contributed by atoms with Gasteiger partial charge in [0.2, 0.25) is 0 Å². The summed E-state index contributed by atoms with van der Waals surface area (Å²) >= 11 is 0. The van der Waals surface area contributed by atoms with Gasteiger partial charge >= 0.3 is 0 Å². The van der Waals surface area contributed by atoms with E-state index in [0.29, 0.717) is 30.2 Å². The Bertz CT molecular complexity index is 818. The van der Waals surface area contributed by atoms with Gasteiger partial charge in [0, 0.05) is 24.9 Å². The van der Waals surface area contributed by atoms with Gasteiger partial charge in [-0.1, -0.05) is 0 Å². The number of hydrogen-bond acceptors (Lipinski definition) is 5. The van der Waals surface area contributed by atoms with Crippen molar-refractivity contribution in [1.82, 2.24) is 14.6 Å². The Labute approximate surface area is 127 Å². The number of benzene rings is 1. The third-order valence-corrected chi connectivity index (χ3v) is 3.14. The lowest BCUT2D eigenvalue weighted by atomic mass is 10.1. The van der Waals surface area contributed by atoms with Crippen molar-refractivity contribution >= 4 is 5.65 Å². The zero-order valence-electron chi connectivity index (χ0n) is 12.1. The molecule has 110 valence electrons. The van der Waals surface area contributed by atoms with E-state index >= 15 is 0 Å². The third-order valence-electron chi connectivity index (χ3n) is 3.14. The lowest BCUT2D eigenvalue weighted by Gasteiger charge is -2.04. The Balaban J connectivity index is 1.87. The molecule has 0 spiro atoms. The first kappa shape index (κ1) is 14.0. The fraction of sp³-hybridized carbons (Fsp3) is 0.188. The average Bonchev–Trinajstić information content (AvgIpc) is 2.98. The molecule has 0 N–H and O–H groups in total. The van der Waals surface area contributed by atoms with Crippen LogP contribution in [-0.2, 0) is 4.74 Å². The fourth-order valence-corrected chi connectivity index (χ4v) is 2.01. The van der Waals surface area contributed by atoms with Crippen LogP contribution in [0, 0.1) is 11.3 Å². The number of hydrogen-bond donors (Lipinski definition) is 0. The van der Waals surface area contributed by atoms with Gasteiger partial charge in [0.15, 0.2) is 11.5 Å². The van der Waals surface area contributed by atoms with Crippen LogP contribution in [0.1, 0.15) is 5.56 Å². The molecule has 3 rings (SSSR count). The van der Waals surface area contributed by atoms with Crippen molar-refractivity contribution in [2.75, 3.05) is 20.3 Å². The lowest BCUT2D eigenvalue weighted by molar-refractivity contribution is 0.146. The van der Waals surface area contributed by atoms with E-state index in [9.17, 15) is 0 Å². The molecule has 0 atom stereocenters. The molecule has 0 unspecified atom stereocenters. The lowest BCUT2D eigenvalue weighted by Crippen LogP contribution is -2.04. The monoisotopic (exact) mass is 294 g/mol. The highest BCUT2D eigenvalue weighted by molar-refractivity contribution is 5.59. The minimum atomic E-state index is 0.489. The molecule has 0 saturated carbocycles. The van der Waals surface area contributed by atoms with Crippen LogP contribution in [0.5, 0.6) is 5.75 Å². The molecule has 6 nitrogen and oxygen atoms in total. The summed E-state index contributed by atoms with van der Waals surface area (Å²) in [5, 5.41) is 13.2. The van der Waals surface area contributed by atoms with Gasteiger partial charge < -0.3 is 9.47 Å². The van der Waals surface area contributed by atoms with Crippen LogP contribution in [0.3, 0.4) is 0 Å². The molecule has 6 heteroatoms. The summed E-state index contributed by atoms with van der Waals surface area (Å²) in [5.74, 6) is 1.34. The summed E-state index contributed by atoms with van der Waals surface area (Å²) in [4.78, 5) is 4.49. The second-order valence-corrected chi connectivity index (χ2v) is 4.63. The Morgan fingerprint density at radius 1 is 1.18 bits per heavy atom. The van der Waals surface area contributed by atoms with Crippen LogP contribution in [0.4, 0.5) is 0 Å². The molecule has 0 aliphatic carbocycles. The number of rotatable bonds is 5. The van der Waals surface area contributed by atoms with Crippen molar-refractivity contribution in [2.45, 2.75) is 0 Å². The molecule has 0 aliphatic rings. The molecular weight excluding hydrogens is 280 g/mol. The summed E-state index contributed by atoms with van der Waals surface area (Å²) < 4.78 is 12.2. The van der Waals surface area contributed by atoms with Gasteiger partial charge in [-0.2, -0.15) is 5.26 Å². The number of pyridine rings is 1. The van der Waals surface area contributed by atoms with E-state index in [1.54, 1.807) is 30.0 Å². The fourth-order valence-electron chi connectivity index (χ4n) is 2.01. The van der Waals surface area contributed by atoms with E-state index in [1.165, 1.54) is 0 Å². The molecule has 0 saturated heterocycles. The van der Waals surface area contributed by atoms with E-state index in [2.05, 4.69) is 16.2 Å². The molecule has 2 aromatic heterocycles. The van der Waals surface area contributed by atoms with Crippen molar-refractivity contribution in [3.63, 3.8) is 0 Å². The largest absolute Gasteiger partial charge is 0.491 e. The van der Waals surface area contributed by atoms with E-state index in [4.69, 9.17) is 14.7 Å². The van der Waals surface area contributed by atoms with Crippen LogP contribution >= 0.6 is 0 Å². The van der Waals surface area contributed by atoms with Crippen LogP contribution in [0.2, 0.25) is 0 Å². The first-order valence-corrected chi connectivity index (χ1v) is 6.79. The van der Waals surface area contributed by atoms with Crippen LogP contribution < -0.4 is 4.74 Å². The minimum Gasteiger partial charge on any atom is -0.491 e. The van der Waals surface area contributed by atoms with Gasteiger partial charge in [-0.15, -0.1) is 5.10 Å². The highest BCUT2D eigenvalue weighted by Gasteiger charge is 2.07. The van der Waals surface area contributed by atoms with Crippen LogP contribution in [0.25, 0.3) is 17.0 Å². The van der Waals surface area contributed by atoms with Crippen LogP contribution in [0.15, 0.2) is 42.6 Å². The number of nitriles is 1. The van der Waals surface area contributed by atoms with Crippen molar-refractivity contribution in [2.24, 2.45) is 0 Å². The standard InChI is InChI=1S/C16H14N4O2/c1-21-8-9-22-14-6-7-20-15(10-14)18-16(19-20)13-4-2-12(11-17)3-5-13/h2-7,10H,8-9H2,1H3. The summed E-state index contributed by atoms with van der Waals surface area (Å²) in [6.07, 6.45) is 1.80. The molecule has 0 amide bonds. The second-order valence-electron chi connectivity index (χ2n) is 4.63. The van der Waals surface area contributed by atoms with E-state index in [1.807, 2.05) is 24.3 Å². The summed E-state index contributed by atoms with van der Waals surface area (Å²) in [6, 6.07) is 12.9. The van der Waals surface area contributed by atoms with E-state index < -0.39 is 0 Å². The zero-order valence-corrected chi connectivity index (χ0v) is 12.1. The Kier molecular flexibility index (Phi) is 3.99. The molecule has 0 bridgehead atoms.